The van der Waals surface area contributed by atoms with Gasteiger partial charge in [0.25, 0.3) is 0 Å². The van der Waals surface area contributed by atoms with Crippen molar-refractivity contribution in [3.8, 4) is 0 Å². The zero-order valence-electron chi connectivity index (χ0n) is 17.6. The first-order valence-electron chi connectivity index (χ1n) is 11.0. The molecule has 148 valence electrons. The molecular weight excluding hydrogens is 321 g/mol. The fourth-order valence-corrected chi connectivity index (χ4v) is 4.36. The lowest BCUT2D eigenvalue weighted by molar-refractivity contribution is -0.142. The molecule has 2 amide bonds. The summed E-state index contributed by atoms with van der Waals surface area (Å²) in [5.74, 6) is 0.358. The molecule has 0 bridgehead atoms. The first-order valence-corrected chi connectivity index (χ1v) is 11.0. The maximum absolute atomic E-state index is 13.0. The Balaban J connectivity index is 2.70. The second-order valence-electron chi connectivity index (χ2n) is 8.43. The fourth-order valence-electron chi connectivity index (χ4n) is 4.36. The third-order valence-corrected chi connectivity index (χ3v) is 5.80. The lowest BCUT2D eigenvalue weighted by Gasteiger charge is -2.27. The summed E-state index contributed by atoms with van der Waals surface area (Å²) in [7, 11) is 5.89. The third kappa shape index (κ3) is 7.44. The van der Waals surface area contributed by atoms with Crippen molar-refractivity contribution in [3.63, 3.8) is 0 Å². The van der Waals surface area contributed by atoms with Gasteiger partial charge in [0.05, 0.1) is 13.8 Å². The summed E-state index contributed by atoms with van der Waals surface area (Å²) in [5.41, 5.74) is 0. The van der Waals surface area contributed by atoms with Gasteiger partial charge in [-0.1, -0.05) is 78.0 Å². The smallest absolute Gasteiger partial charge is 0.233 e. The van der Waals surface area contributed by atoms with E-state index in [9.17, 15) is 9.59 Å². The molecule has 4 heteroatoms. The van der Waals surface area contributed by atoms with Crippen LogP contribution in [-0.2, 0) is 9.59 Å². The Morgan fingerprint density at radius 2 is 1.50 bits per heavy atom. The minimum absolute atomic E-state index is 0.00327. The highest BCUT2D eigenvalue weighted by molar-refractivity contribution is 6.11. The molecule has 26 heavy (non-hydrogen) atoms. The van der Waals surface area contributed by atoms with Crippen molar-refractivity contribution in [2.45, 2.75) is 117 Å². The van der Waals surface area contributed by atoms with Gasteiger partial charge in [-0.05, 0) is 32.1 Å². The molecule has 0 aliphatic carbocycles. The van der Waals surface area contributed by atoms with Gasteiger partial charge in [-0.2, -0.15) is 0 Å². The Morgan fingerprint density at radius 1 is 0.962 bits per heavy atom. The highest BCUT2D eigenvalue weighted by Gasteiger charge is 2.44. The van der Waals surface area contributed by atoms with Crippen molar-refractivity contribution in [2.75, 3.05) is 0 Å². The van der Waals surface area contributed by atoms with E-state index in [1.165, 1.54) is 56.3 Å². The summed E-state index contributed by atoms with van der Waals surface area (Å²) in [5, 5.41) is 0. The maximum Gasteiger partial charge on any atom is 0.233 e. The molecule has 0 N–H and O–H groups in total. The zero-order chi connectivity index (χ0) is 19.5. The number of imide groups is 1. The topological polar surface area (TPSA) is 37.4 Å². The van der Waals surface area contributed by atoms with Crippen LogP contribution >= 0.6 is 0 Å². The van der Waals surface area contributed by atoms with Gasteiger partial charge in [-0.15, -0.1) is 0 Å². The van der Waals surface area contributed by atoms with Crippen LogP contribution < -0.4 is 0 Å². The summed E-state index contributed by atoms with van der Waals surface area (Å²) >= 11 is 0. The van der Waals surface area contributed by atoms with Crippen LogP contribution in [0.25, 0.3) is 0 Å². The number of hydrogen-bond donors (Lipinski definition) is 0. The molecule has 0 saturated carbocycles. The second kappa shape index (κ2) is 12.6. The van der Waals surface area contributed by atoms with Crippen LogP contribution in [0.4, 0.5) is 0 Å². The van der Waals surface area contributed by atoms with Crippen molar-refractivity contribution in [2.24, 2.45) is 11.8 Å². The molecule has 0 aromatic carbocycles. The van der Waals surface area contributed by atoms with E-state index in [0.29, 0.717) is 18.8 Å². The first kappa shape index (κ1) is 23.2. The zero-order valence-corrected chi connectivity index (χ0v) is 17.6. The largest absolute Gasteiger partial charge is 0.280 e. The van der Waals surface area contributed by atoms with Gasteiger partial charge in [-0.3, -0.25) is 14.5 Å². The molecule has 0 aromatic rings. The second-order valence-corrected chi connectivity index (χ2v) is 8.43. The van der Waals surface area contributed by atoms with Gasteiger partial charge in [0.2, 0.25) is 11.8 Å². The molecule has 1 heterocycles. The quantitative estimate of drug-likeness (QED) is 0.227. The normalized spacial score (nSPS) is 20.2. The average molecular weight is 361 g/mol. The van der Waals surface area contributed by atoms with E-state index in [1.807, 2.05) is 13.8 Å². The number of carbonyl (C=O) groups is 2. The summed E-state index contributed by atoms with van der Waals surface area (Å²) in [4.78, 5) is 27.1. The number of amides is 2. The SMILES string of the molecule is [B]C(C)CC(C)N1C(=O)CC(C(CCCCCC)CCCCCC)C1=O. The minimum Gasteiger partial charge on any atom is -0.280 e. The lowest BCUT2D eigenvalue weighted by atomic mass is 9.82. The molecule has 3 nitrogen and oxygen atoms in total. The number of carbonyl (C=O) groups excluding carboxylic acids is 2. The Hall–Kier alpha value is -0.795. The van der Waals surface area contributed by atoms with Gasteiger partial charge in [0, 0.05) is 12.5 Å². The first-order chi connectivity index (χ1) is 12.4. The highest BCUT2D eigenvalue weighted by atomic mass is 16.2. The molecule has 1 fully saturated rings. The number of rotatable bonds is 14. The van der Waals surface area contributed by atoms with E-state index in [-0.39, 0.29) is 29.6 Å². The molecule has 1 aliphatic rings. The van der Waals surface area contributed by atoms with Gasteiger partial charge >= 0.3 is 0 Å². The third-order valence-electron chi connectivity index (χ3n) is 5.80. The van der Waals surface area contributed by atoms with E-state index < -0.39 is 0 Å². The molecule has 1 aliphatic heterocycles. The van der Waals surface area contributed by atoms with Gasteiger partial charge in [0.15, 0.2) is 0 Å². The molecule has 0 aromatic heterocycles. The van der Waals surface area contributed by atoms with Crippen molar-refractivity contribution >= 4 is 19.7 Å². The van der Waals surface area contributed by atoms with E-state index >= 15 is 0 Å². The molecule has 0 spiro atoms. The van der Waals surface area contributed by atoms with Crippen LogP contribution in [0.5, 0.6) is 0 Å². The Morgan fingerprint density at radius 3 is 1.96 bits per heavy atom. The number of likely N-dealkylation sites (tertiary alicyclic amines) is 1. The maximum atomic E-state index is 13.0. The fraction of sp³-hybridized carbons (Fsp3) is 0.909. The van der Waals surface area contributed by atoms with Crippen LogP contribution in [0.2, 0.25) is 5.82 Å². The Kier molecular flexibility index (Phi) is 11.2. The summed E-state index contributed by atoms with van der Waals surface area (Å²) in [6.45, 7) is 8.33. The van der Waals surface area contributed by atoms with Gasteiger partial charge in [0.1, 0.15) is 0 Å². The molecule has 1 rings (SSSR count). The van der Waals surface area contributed by atoms with Crippen molar-refractivity contribution < 1.29 is 9.59 Å². The minimum atomic E-state index is -0.0960. The predicted octanol–water partition coefficient (Wildman–Crippen LogP) is 5.67. The van der Waals surface area contributed by atoms with E-state index in [2.05, 4.69) is 13.8 Å². The van der Waals surface area contributed by atoms with E-state index in [4.69, 9.17) is 7.85 Å². The average Bonchev–Trinajstić information content (AvgIpc) is 2.87. The number of unbranched alkanes of at least 4 members (excludes halogenated alkanes) is 6. The van der Waals surface area contributed by atoms with Crippen molar-refractivity contribution in [3.05, 3.63) is 0 Å². The van der Waals surface area contributed by atoms with Crippen LogP contribution in [0, 0.1) is 11.8 Å². The lowest BCUT2D eigenvalue weighted by Crippen LogP contribution is -2.39. The summed E-state index contributed by atoms with van der Waals surface area (Å²) in [6.07, 6.45) is 13.1. The monoisotopic (exact) mass is 361 g/mol. The molecule has 2 radical (unpaired) electrons. The Bertz CT molecular complexity index is 412. The van der Waals surface area contributed by atoms with Crippen LogP contribution in [-0.4, -0.2) is 30.6 Å². The summed E-state index contributed by atoms with van der Waals surface area (Å²) < 4.78 is 0. The predicted molar refractivity (Wildman–Crippen MR) is 110 cm³/mol. The van der Waals surface area contributed by atoms with Gasteiger partial charge in [-0.25, -0.2) is 0 Å². The Labute approximate surface area is 163 Å². The molecular formula is C22H40BNO2. The van der Waals surface area contributed by atoms with Gasteiger partial charge < -0.3 is 0 Å². The van der Waals surface area contributed by atoms with Crippen molar-refractivity contribution in [1.29, 1.82) is 0 Å². The molecule has 3 atom stereocenters. The number of hydrogen-bond acceptors (Lipinski definition) is 2. The van der Waals surface area contributed by atoms with Crippen molar-refractivity contribution in [1.82, 2.24) is 4.90 Å². The van der Waals surface area contributed by atoms with E-state index in [0.717, 1.165) is 12.8 Å². The summed E-state index contributed by atoms with van der Waals surface area (Å²) in [6, 6.07) is -0.0826. The molecule has 3 unspecified atom stereocenters. The number of nitrogens with zero attached hydrogens (tertiary/aromatic N) is 1. The standard InChI is InChI=1S/C22H40BNO2/c1-5-7-9-11-13-19(14-12-10-8-6-2)20-16-21(25)24(22(20)26)18(4)15-17(3)23/h17-20H,5-16H2,1-4H3. The van der Waals surface area contributed by atoms with E-state index in [1.54, 1.807) is 0 Å². The van der Waals surface area contributed by atoms with Crippen LogP contribution in [0.3, 0.4) is 0 Å². The van der Waals surface area contributed by atoms with Crippen LogP contribution in [0.15, 0.2) is 0 Å². The highest BCUT2D eigenvalue weighted by Crippen LogP contribution is 2.35. The molecule has 1 saturated heterocycles. The van der Waals surface area contributed by atoms with Crippen LogP contribution in [0.1, 0.15) is 105 Å².